The zero-order valence-corrected chi connectivity index (χ0v) is 12.1. The van der Waals surface area contributed by atoms with Gasteiger partial charge in [0.2, 0.25) is 0 Å². The van der Waals surface area contributed by atoms with Crippen LogP contribution in [0.4, 0.5) is 5.69 Å². The molecule has 2 nitrogen and oxygen atoms in total. The molecule has 2 rings (SSSR count). The molecular formula is C16H17ClN2. The molecule has 98 valence electrons. The molecule has 0 heterocycles. The molecule has 0 unspecified atom stereocenters. The highest BCUT2D eigenvalue weighted by atomic mass is 35.5. The van der Waals surface area contributed by atoms with Crippen molar-refractivity contribution in [3.63, 3.8) is 0 Å². The van der Waals surface area contributed by atoms with E-state index in [0.717, 1.165) is 17.1 Å². The van der Waals surface area contributed by atoms with Crippen LogP contribution in [-0.2, 0) is 0 Å². The van der Waals surface area contributed by atoms with Gasteiger partial charge in [-0.3, -0.25) is 0 Å². The maximum atomic E-state index is 5.99. The Labute approximate surface area is 119 Å². The molecule has 0 aromatic heterocycles. The van der Waals surface area contributed by atoms with Crippen molar-refractivity contribution < 1.29 is 0 Å². The minimum atomic E-state index is 0.697. The summed E-state index contributed by atoms with van der Waals surface area (Å²) in [5.41, 5.74) is 3.19. The molecule has 0 aliphatic heterocycles. The monoisotopic (exact) mass is 272 g/mol. The zero-order valence-electron chi connectivity index (χ0n) is 11.4. The maximum absolute atomic E-state index is 5.99. The van der Waals surface area contributed by atoms with E-state index in [9.17, 15) is 0 Å². The number of rotatable bonds is 2. The first kappa shape index (κ1) is 13.6. The fourth-order valence-corrected chi connectivity index (χ4v) is 1.98. The van der Waals surface area contributed by atoms with Gasteiger partial charge >= 0.3 is 0 Å². The highest BCUT2D eigenvalue weighted by Gasteiger charge is 2.06. The van der Waals surface area contributed by atoms with E-state index in [-0.39, 0.29) is 0 Å². The number of amidine groups is 1. The van der Waals surface area contributed by atoms with Gasteiger partial charge in [0.25, 0.3) is 0 Å². The van der Waals surface area contributed by atoms with E-state index < -0.39 is 0 Å². The molecule has 2 aromatic carbocycles. The first-order chi connectivity index (χ1) is 9.06. The lowest BCUT2D eigenvalue weighted by molar-refractivity contribution is 0.624. The largest absolute Gasteiger partial charge is 0.362 e. The van der Waals surface area contributed by atoms with Crippen LogP contribution < -0.4 is 0 Å². The van der Waals surface area contributed by atoms with E-state index in [2.05, 4.69) is 36.2 Å². The van der Waals surface area contributed by atoms with Crippen LogP contribution >= 0.6 is 11.6 Å². The molecule has 19 heavy (non-hydrogen) atoms. The van der Waals surface area contributed by atoms with Gasteiger partial charge in [0.1, 0.15) is 5.84 Å². The fraction of sp³-hybridized carbons (Fsp3) is 0.188. The summed E-state index contributed by atoms with van der Waals surface area (Å²) in [6.07, 6.45) is 0. The van der Waals surface area contributed by atoms with Gasteiger partial charge in [0, 0.05) is 24.7 Å². The lowest BCUT2D eigenvalue weighted by Crippen LogP contribution is -2.22. The van der Waals surface area contributed by atoms with E-state index in [1.807, 2.05) is 43.3 Å². The molecule has 0 N–H and O–H groups in total. The summed E-state index contributed by atoms with van der Waals surface area (Å²) in [5.74, 6) is 0.919. The van der Waals surface area contributed by atoms with Crippen molar-refractivity contribution in [2.75, 3.05) is 14.1 Å². The van der Waals surface area contributed by atoms with Gasteiger partial charge in [-0.2, -0.15) is 0 Å². The highest BCUT2D eigenvalue weighted by molar-refractivity contribution is 6.30. The second-order valence-corrected chi connectivity index (χ2v) is 5.11. The van der Waals surface area contributed by atoms with Crippen molar-refractivity contribution in [2.45, 2.75) is 6.92 Å². The van der Waals surface area contributed by atoms with Gasteiger partial charge in [-0.05, 0) is 25.1 Å². The van der Waals surface area contributed by atoms with Gasteiger partial charge in [0.05, 0.1) is 5.69 Å². The predicted octanol–water partition coefficient (Wildman–Crippen LogP) is 4.29. The molecule has 0 amide bonds. The number of hydrogen-bond donors (Lipinski definition) is 0. The summed E-state index contributed by atoms with van der Waals surface area (Å²) in [6, 6.07) is 15.9. The quantitative estimate of drug-likeness (QED) is 0.588. The Morgan fingerprint density at radius 1 is 1.05 bits per heavy atom. The van der Waals surface area contributed by atoms with E-state index in [0.29, 0.717) is 5.02 Å². The lowest BCUT2D eigenvalue weighted by atomic mass is 10.1. The topological polar surface area (TPSA) is 15.6 Å². The van der Waals surface area contributed by atoms with Crippen LogP contribution in [0.3, 0.4) is 0 Å². The maximum Gasteiger partial charge on any atom is 0.136 e. The molecule has 0 aliphatic carbocycles. The molecule has 0 fully saturated rings. The fourth-order valence-electron chi connectivity index (χ4n) is 1.79. The minimum Gasteiger partial charge on any atom is -0.362 e. The average Bonchev–Trinajstić information content (AvgIpc) is 2.37. The van der Waals surface area contributed by atoms with Gasteiger partial charge in [0.15, 0.2) is 0 Å². The normalized spacial score (nSPS) is 11.5. The first-order valence-electron chi connectivity index (χ1n) is 6.15. The van der Waals surface area contributed by atoms with Crippen LogP contribution in [0.5, 0.6) is 0 Å². The molecule has 0 bridgehead atoms. The van der Waals surface area contributed by atoms with E-state index in [1.54, 1.807) is 0 Å². The molecule has 0 spiro atoms. The Balaban J connectivity index is 2.43. The van der Waals surface area contributed by atoms with Crippen LogP contribution in [-0.4, -0.2) is 24.8 Å². The second kappa shape index (κ2) is 5.89. The highest BCUT2D eigenvalue weighted by Crippen LogP contribution is 2.19. The third-order valence-corrected chi connectivity index (χ3v) is 3.01. The van der Waals surface area contributed by atoms with E-state index in [1.165, 1.54) is 5.56 Å². The molecule has 0 aliphatic rings. The van der Waals surface area contributed by atoms with Crippen LogP contribution in [0.25, 0.3) is 0 Å². The SMILES string of the molecule is Cc1ccc(C(=Nc2cccc(Cl)c2)N(C)C)cc1. The standard InChI is InChI=1S/C16H17ClN2/c1-12-7-9-13(10-8-12)16(19(2)3)18-15-6-4-5-14(17)11-15/h4-11H,1-3H3. The van der Waals surface area contributed by atoms with Crippen LogP contribution in [0, 0.1) is 6.92 Å². The van der Waals surface area contributed by atoms with E-state index >= 15 is 0 Å². The van der Waals surface area contributed by atoms with Crippen molar-refractivity contribution in [1.82, 2.24) is 4.90 Å². The van der Waals surface area contributed by atoms with Crippen molar-refractivity contribution in [3.8, 4) is 0 Å². The molecule has 0 atom stereocenters. The van der Waals surface area contributed by atoms with Crippen molar-refractivity contribution in [3.05, 3.63) is 64.7 Å². The Morgan fingerprint density at radius 2 is 1.74 bits per heavy atom. The average molecular weight is 273 g/mol. The summed E-state index contributed by atoms with van der Waals surface area (Å²) in [5, 5.41) is 0.697. The summed E-state index contributed by atoms with van der Waals surface area (Å²) < 4.78 is 0. The van der Waals surface area contributed by atoms with Crippen LogP contribution in [0.15, 0.2) is 53.5 Å². The smallest absolute Gasteiger partial charge is 0.136 e. The number of hydrogen-bond acceptors (Lipinski definition) is 1. The van der Waals surface area contributed by atoms with Crippen LogP contribution in [0.2, 0.25) is 5.02 Å². The number of halogens is 1. The second-order valence-electron chi connectivity index (χ2n) is 4.68. The predicted molar refractivity (Wildman–Crippen MR) is 82.5 cm³/mol. The number of aryl methyl sites for hydroxylation is 1. The molecule has 2 aromatic rings. The Kier molecular flexibility index (Phi) is 4.23. The summed E-state index contributed by atoms with van der Waals surface area (Å²) in [6.45, 7) is 2.08. The number of nitrogens with zero attached hydrogens (tertiary/aromatic N) is 2. The Bertz CT molecular complexity index is 586. The molecule has 0 radical (unpaired) electrons. The van der Waals surface area contributed by atoms with Gasteiger partial charge < -0.3 is 4.90 Å². The molecule has 0 saturated carbocycles. The zero-order chi connectivity index (χ0) is 13.8. The third kappa shape index (κ3) is 3.58. The van der Waals surface area contributed by atoms with Gasteiger partial charge in [-0.25, -0.2) is 4.99 Å². The molecule has 3 heteroatoms. The summed E-state index contributed by atoms with van der Waals surface area (Å²) >= 11 is 5.99. The van der Waals surface area contributed by atoms with Crippen molar-refractivity contribution >= 4 is 23.1 Å². The molecular weight excluding hydrogens is 256 g/mol. The van der Waals surface area contributed by atoms with Gasteiger partial charge in [-0.15, -0.1) is 0 Å². The Morgan fingerprint density at radius 3 is 2.32 bits per heavy atom. The van der Waals surface area contributed by atoms with Gasteiger partial charge in [-0.1, -0.05) is 47.5 Å². The van der Waals surface area contributed by atoms with Crippen molar-refractivity contribution in [1.29, 1.82) is 0 Å². The minimum absolute atomic E-state index is 0.697. The Hall–Kier alpha value is -1.80. The summed E-state index contributed by atoms with van der Waals surface area (Å²) in [4.78, 5) is 6.68. The lowest BCUT2D eigenvalue weighted by Gasteiger charge is -2.16. The van der Waals surface area contributed by atoms with E-state index in [4.69, 9.17) is 11.6 Å². The number of benzene rings is 2. The summed E-state index contributed by atoms with van der Waals surface area (Å²) in [7, 11) is 3.98. The first-order valence-corrected chi connectivity index (χ1v) is 6.52. The number of aliphatic imine (C=N–C) groups is 1. The van der Waals surface area contributed by atoms with Crippen molar-refractivity contribution in [2.24, 2.45) is 4.99 Å². The third-order valence-electron chi connectivity index (χ3n) is 2.78. The molecule has 0 saturated heterocycles. The van der Waals surface area contributed by atoms with Crippen LogP contribution in [0.1, 0.15) is 11.1 Å².